The Morgan fingerprint density at radius 1 is 1.08 bits per heavy atom. The van der Waals surface area contributed by atoms with E-state index in [2.05, 4.69) is 0 Å². The third kappa shape index (κ3) is 4.49. The first-order valence-corrected chi connectivity index (χ1v) is 13.3. The van der Waals surface area contributed by atoms with Crippen molar-refractivity contribution in [1.82, 2.24) is 4.90 Å². The minimum Gasteiger partial charge on any atom is -0.504 e. The Morgan fingerprint density at radius 2 is 1.85 bits per heavy atom. The quantitative estimate of drug-likeness (QED) is 0.224. The minimum atomic E-state index is -0.875. The Bertz CT molecular complexity index is 1380. The van der Waals surface area contributed by atoms with Crippen LogP contribution in [0.15, 0.2) is 52.6 Å². The number of nitrogens with zero attached hydrogens (tertiary/aromatic N) is 1. The molecule has 5 rings (SSSR count). The van der Waals surface area contributed by atoms with Crippen molar-refractivity contribution < 1.29 is 38.9 Å². The van der Waals surface area contributed by atoms with E-state index in [0.717, 1.165) is 5.57 Å². The molecule has 3 aliphatic carbocycles. The largest absolute Gasteiger partial charge is 0.504 e. The topological polar surface area (TPSA) is 138 Å². The van der Waals surface area contributed by atoms with Crippen LogP contribution in [0.3, 0.4) is 0 Å². The number of likely N-dealkylation sites (tertiary alicyclic amines) is 1. The minimum absolute atomic E-state index is 0.0457. The molecule has 4 unspecified atom stereocenters. The van der Waals surface area contributed by atoms with Gasteiger partial charge in [0.05, 0.1) is 18.9 Å². The highest BCUT2D eigenvalue weighted by Crippen LogP contribution is 2.55. The van der Waals surface area contributed by atoms with E-state index in [1.165, 1.54) is 24.2 Å². The van der Waals surface area contributed by atoms with Gasteiger partial charge in [-0.25, -0.2) is 0 Å². The number of allylic oxidation sites excluding steroid dienone is 6. The maximum Gasteiger partial charge on any atom is 0.303 e. The van der Waals surface area contributed by atoms with Gasteiger partial charge in [-0.3, -0.25) is 28.9 Å². The number of rotatable bonds is 8. The highest BCUT2D eigenvalue weighted by Gasteiger charge is 2.56. The first kappa shape index (κ1) is 26.6. The summed E-state index contributed by atoms with van der Waals surface area (Å²) in [5.74, 6) is -3.89. The van der Waals surface area contributed by atoms with Crippen LogP contribution in [-0.2, 0) is 24.0 Å². The van der Waals surface area contributed by atoms with Gasteiger partial charge in [0, 0.05) is 35.6 Å². The van der Waals surface area contributed by atoms with Gasteiger partial charge in [-0.05, 0) is 62.3 Å². The molecule has 9 nitrogen and oxygen atoms in total. The second kappa shape index (κ2) is 10.3. The molecule has 0 bridgehead atoms. The van der Waals surface area contributed by atoms with Crippen LogP contribution in [0, 0.1) is 17.8 Å². The number of hydrogen-bond acceptors (Lipinski definition) is 7. The molecule has 9 heteroatoms. The first-order chi connectivity index (χ1) is 18.6. The Balaban J connectivity index is 1.51. The molecule has 1 heterocycles. The average Bonchev–Trinajstić information content (AvgIpc) is 3.15. The highest BCUT2D eigenvalue weighted by atomic mass is 16.5. The number of hydrogen-bond donors (Lipinski definition) is 2. The summed E-state index contributed by atoms with van der Waals surface area (Å²) >= 11 is 0. The van der Waals surface area contributed by atoms with Crippen molar-refractivity contribution in [3.05, 3.63) is 58.2 Å². The molecule has 1 aromatic carbocycles. The SMILES string of the molecule is COc1cc(C2C3=CCC4C(=O)N(CCCCCC(=O)O)C(=O)C4C3CC3=C2C(=O)C(C)=CC3=O)ccc1O. The summed E-state index contributed by atoms with van der Waals surface area (Å²) in [5, 5.41) is 19.0. The molecule has 2 amide bonds. The van der Waals surface area contributed by atoms with E-state index in [4.69, 9.17) is 9.84 Å². The van der Waals surface area contributed by atoms with E-state index in [-0.39, 0.29) is 54.3 Å². The van der Waals surface area contributed by atoms with Gasteiger partial charge in [-0.2, -0.15) is 0 Å². The molecular formula is C30H31NO8. The van der Waals surface area contributed by atoms with E-state index in [1.54, 1.807) is 19.1 Å². The number of amides is 2. The summed E-state index contributed by atoms with van der Waals surface area (Å²) in [5.41, 5.74) is 2.61. The van der Waals surface area contributed by atoms with Crippen molar-refractivity contribution in [2.24, 2.45) is 17.8 Å². The number of fused-ring (bicyclic) bond motifs is 3. The molecule has 204 valence electrons. The zero-order valence-electron chi connectivity index (χ0n) is 21.9. The number of phenols is 1. The van der Waals surface area contributed by atoms with E-state index in [9.17, 15) is 29.1 Å². The lowest BCUT2D eigenvalue weighted by Gasteiger charge is -2.42. The van der Waals surface area contributed by atoms with Gasteiger partial charge in [-0.1, -0.05) is 24.1 Å². The molecule has 1 saturated heterocycles. The fourth-order valence-corrected chi connectivity index (χ4v) is 6.62. The molecule has 4 aliphatic rings. The van der Waals surface area contributed by atoms with Crippen LogP contribution in [0.2, 0.25) is 0 Å². The lowest BCUT2D eigenvalue weighted by Crippen LogP contribution is -2.39. The molecule has 1 aromatic rings. The fourth-order valence-electron chi connectivity index (χ4n) is 6.62. The predicted octanol–water partition coefficient (Wildman–Crippen LogP) is 3.48. The van der Waals surface area contributed by atoms with E-state index in [1.807, 2.05) is 6.08 Å². The van der Waals surface area contributed by atoms with Gasteiger partial charge in [0.15, 0.2) is 23.1 Å². The molecule has 1 aliphatic heterocycles. The van der Waals surface area contributed by atoms with Gasteiger partial charge < -0.3 is 14.9 Å². The van der Waals surface area contributed by atoms with Crippen LogP contribution < -0.4 is 4.74 Å². The molecule has 0 aromatic heterocycles. The number of Topliss-reactive ketones (excluding diaryl/α,β-unsaturated/α-hetero) is 1. The lowest BCUT2D eigenvalue weighted by molar-refractivity contribution is -0.141. The third-order valence-corrected chi connectivity index (χ3v) is 8.47. The summed E-state index contributed by atoms with van der Waals surface area (Å²) in [6, 6.07) is 4.83. The third-order valence-electron chi connectivity index (χ3n) is 8.47. The second-order valence-electron chi connectivity index (χ2n) is 10.7. The molecular weight excluding hydrogens is 502 g/mol. The number of phenolic OH excluding ortho intramolecular Hbond substituents is 1. The van der Waals surface area contributed by atoms with E-state index >= 15 is 0 Å². The fraction of sp³-hybridized carbons (Fsp3) is 0.433. The van der Waals surface area contributed by atoms with Crippen LogP contribution in [0.25, 0.3) is 0 Å². The van der Waals surface area contributed by atoms with Crippen LogP contribution in [0.4, 0.5) is 0 Å². The van der Waals surface area contributed by atoms with Crippen LogP contribution in [0.5, 0.6) is 11.5 Å². The van der Waals surface area contributed by atoms with Crippen molar-refractivity contribution in [2.75, 3.05) is 13.7 Å². The number of unbranched alkanes of at least 4 members (excludes halogenated alkanes) is 2. The van der Waals surface area contributed by atoms with Gasteiger partial charge in [-0.15, -0.1) is 0 Å². The highest BCUT2D eigenvalue weighted by molar-refractivity contribution is 6.23. The summed E-state index contributed by atoms with van der Waals surface area (Å²) in [4.78, 5) is 65.7. The van der Waals surface area contributed by atoms with Crippen molar-refractivity contribution in [2.45, 2.75) is 51.4 Å². The normalized spacial score (nSPS) is 26.2. The zero-order valence-corrected chi connectivity index (χ0v) is 21.9. The van der Waals surface area contributed by atoms with Gasteiger partial charge in [0.2, 0.25) is 11.8 Å². The predicted molar refractivity (Wildman–Crippen MR) is 139 cm³/mol. The molecule has 0 saturated carbocycles. The number of ether oxygens (including phenoxy) is 1. The molecule has 0 spiro atoms. The summed E-state index contributed by atoms with van der Waals surface area (Å²) in [6.45, 7) is 1.85. The van der Waals surface area contributed by atoms with Gasteiger partial charge in [0.25, 0.3) is 0 Å². The summed E-state index contributed by atoms with van der Waals surface area (Å²) in [6.07, 6.45) is 5.49. The number of carboxylic acids is 1. The van der Waals surface area contributed by atoms with Gasteiger partial charge >= 0.3 is 5.97 Å². The Hall–Kier alpha value is -4.01. The average molecular weight is 534 g/mol. The Morgan fingerprint density at radius 3 is 2.56 bits per heavy atom. The molecule has 0 radical (unpaired) electrons. The second-order valence-corrected chi connectivity index (χ2v) is 10.7. The zero-order chi connectivity index (χ0) is 28.0. The molecule has 2 N–H and O–H groups in total. The van der Waals surface area contributed by atoms with Crippen molar-refractivity contribution >= 4 is 29.4 Å². The number of methoxy groups -OCH3 is 1. The van der Waals surface area contributed by atoms with Crippen molar-refractivity contribution in [3.63, 3.8) is 0 Å². The lowest BCUT2D eigenvalue weighted by atomic mass is 9.59. The number of ketones is 2. The Kier molecular flexibility index (Phi) is 7.01. The standard InChI is InChI=1S/C30H31NO8/c1-15-12-22(33)20-14-19-17(25(27(20)28(15)36)16-7-10-21(32)23(13-16)39-2)8-9-18-26(19)30(38)31(29(18)37)11-5-3-4-6-24(34)35/h7-8,10,12-13,18-19,25-26,32H,3-6,9,11,14H2,1-2H3,(H,34,35). The first-order valence-electron chi connectivity index (χ1n) is 13.3. The monoisotopic (exact) mass is 533 g/mol. The number of imide groups is 1. The Labute approximate surface area is 225 Å². The maximum atomic E-state index is 13.7. The van der Waals surface area contributed by atoms with Crippen molar-refractivity contribution in [3.8, 4) is 11.5 Å². The molecule has 39 heavy (non-hydrogen) atoms. The summed E-state index contributed by atoms with van der Waals surface area (Å²) < 4.78 is 5.31. The van der Waals surface area contributed by atoms with E-state index in [0.29, 0.717) is 48.0 Å². The number of carbonyl (C=O) groups excluding carboxylic acids is 4. The number of carboxylic acid groups (broad SMARTS) is 1. The smallest absolute Gasteiger partial charge is 0.303 e. The molecule has 1 fully saturated rings. The van der Waals surface area contributed by atoms with Crippen LogP contribution in [-0.4, -0.2) is 58.1 Å². The number of aliphatic carboxylic acids is 1. The number of carbonyl (C=O) groups is 5. The van der Waals surface area contributed by atoms with E-state index < -0.39 is 29.6 Å². The molecule has 4 atom stereocenters. The van der Waals surface area contributed by atoms with Crippen molar-refractivity contribution in [1.29, 1.82) is 0 Å². The maximum absolute atomic E-state index is 13.7. The van der Waals surface area contributed by atoms with Crippen LogP contribution in [0.1, 0.15) is 56.9 Å². The number of benzene rings is 1. The van der Waals surface area contributed by atoms with Crippen LogP contribution >= 0.6 is 0 Å². The number of aromatic hydroxyl groups is 1. The van der Waals surface area contributed by atoms with Gasteiger partial charge in [0.1, 0.15) is 0 Å². The summed E-state index contributed by atoms with van der Waals surface area (Å²) in [7, 11) is 1.43.